The largest absolute Gasteiger partial charge is 0.495 e. The molecule has 2 N–H and O–H groups in total. The summed E-state index contributed by atoms with van der Waals surface area (Å²) in [6.07, 6.45) is 0. The minimum absolute atomic E-state index is 0.251. The quantitative estimate of drug-likeness (QED) is 0.627. The molecule has 0 radical (unpaired) electrons. The highest BCUT2D eigenvalue weighted by Crippen LogP contribution is 2.35. The predicted molar refractivity (Wildman–Crippen MR) is 106 cm³/mol. The normalized spacial score (nSPS) is 10.0. The summed E-state index contributed by atoms with van der Waals surface area (Å²) in [7, 11) is 4.43. The number of benzene rings is 2. The van der Waals surface area contributed by atoms with Crippen molar-refractivity contribution in [3.8, 4) is 23.0 Å². The second-order valence-corrected chi connectivity index (χ2v) is 6.19. The van der Waals surface area contributed by atoms with Crippen LogP contribution in [0.3, 0.4) is 0 Å². The Morgan fingerprint density at radius 3 is 1.82 bits per heavy atom. The molecule has 2 aromatic rings. The number of hydrazine groups is 1. The first-order valence-corrected chi connectivity index (χ1v) is 9.07. The third kappa shape index (κ3) is 4.86. The van der Waals surface area contributed by atoms with Gasteiger partial charge in [-0.25, -0.2) is 0 Å². The average Bonchev–Trinajstić information content (AvgIpc) is 2.72. The van der Waals surface area contributed by atoms with Crippen molar-refractivity contribution in [1.82, 2.24) is 10.9 Å². The number of hydrogen-bond acceptors (Lipinski definition) is 6. The second-order valence-electron chi connectivity index (χ2n) is 5.40. The molecule has 0 saturated carbocycles. The highest BCUT2D eigenvalue weighted by molar-refractivity contribution is 9.10. The maximum absolute atomic E-state index is 12.4. The molecule has 2 rings (SSSR count). The molecule has 0 aliphatic carbocycles. The number of hydrogen-bond donors (Lipinski definition) is 2. The molecule has 0 saturated heterocycles. The Morgan fingerprint density at radius 1 is 0.821 bits per heavy atom. The van der Waals surface area contributed by atoms with E-state index in [0.717, 1.165) is 0 Å². The number of ether oxygens (including phenoxy) is 4. The first-order chi connectivity index (χ1) is 13.4. The summed E-state index contributed by atoms with van der Waals surface area (Å²) in [5.41, 5.74) is 5.27. The van der Waals surface area contributed by atoms with E-state index in [2.05, 4.69) is 26.8 Å². The van der Waals surface area contributed by atoms with Gasteiger partial charge in [-0.2, -0.15) is 0 Å². The molecular formula is C19H21BrN2O6. The number of nitrogens with one attached hydrogen (secondary N) is 2. The maximum atomic E-state index is 12.4. The Labute approximate surface area is 171 Å². The van der Waals surface area contributed by atoms with Crippen molar-refractivity contribution < 1.29 is 28.5 Å². The minimum Gasteiger partial charge on any atom is -0.495 e. The Bertz CT molecular complexity index is 846. The predicted octanol–water partition coefficient (Wildman–Crippen LogP) is 2.95. The third-order valence-corrected chi connectivity index (χ3v) is 4.50. The summed E-state index contributed by atoms with van der Waals surface area (Å²) in [5.74, 6) is 0.753. The van der Waals surface area contributed by atoms with Crippen LogP contribution in [0.4, 0.5) is 0 Å². The first kappa shape index (κ1) is 21.4. The molecule has 8 nitrogen and oxygen atoms in total. The molecule has 0 heterocycles. The lowest BCUT2D eigenvalue weighted by atomic mass is 10.2. The van der Waals surface area contributed by atoms with E-state index in [4.69, 9.17) is 18.9 Å². The number of methoxy groups -OCH3 is 3. The van der Waals surface area contributed by atoms with Gasteiger partial charge < -0.3 is 18.9 Å². The standard InChI is InChI=1S/C19H21BrN2O6/c1-5-28-13-7-6-11(8-14(13)25-2)18(23)21-22-19(24)12-9-15(26-3)17(20)16(10-12)27-4/h6-10H,5H2,1-4H3,(H,21,23)(H,22,24). The topological polar surface area (TPSA) is 95.1 Å². The van der Waals surface area contributed by atoms with E-state index < -0.39 is 11.8 Å². The summed E-state index contributed by atoms with van der Waals surface area (Å²) >= 11 is 3.33. The van der Waals surface area contributed by atoms with Crippen molar-refractivity contribution in [1.29, 1.82) is 0 Å². The van der Waals surface area contributed by atoms with Crippen molar-refractivity contribution >= 4 is 27.7 Å². The minimum atomic E-state index is -0.532. The van der Waals surface area contributed by atoms with E-state index in [0.29, 0.717) is 39.6 Å². The molecule has 9 heteroatoms. The molecule has 0 fully saturated rings. The Balaban J connectivity index is 2.11. The number of rotatable bonds is 7. The van der Waals surface area contributed by atoms with Crippen LogP contribution in [0.2, 0.25) is 0 Å². The van der Waals surface area contributed by atoms with E-state index in [1.165, 1.54) is 39.5 Å². The van der Waals surface area contributed by atoms with Gasteiger partial charge in [0.1, 0.15) is 16.0 Å². The lowest BCUT2D eigenvalue weighted by Crippen LogP contribution is -2.41. The molecular weight excluding hydrogens is 432 g/mol. The van der Waals surface area contributed by atoms with Crippen LogP contribution in [0, 0.1) is 0 Å². The molecule has 2 amide bonds. The molecule has 0 unspecified atom stereocenters. The Morgan fingerprint density at radius 2 is 1.32 bits per heavy atom. The Kier molecular flexibility index (Phi) is 7.51. The van der Waals surface area contributed by atoms with Crippen LogP contribution in [0.15, 0.2) is 34.8 Å². The molecule has 0 aliphatic rings. The highest BCUT2D eigenvalue weighted by atomic mass is 79.9. The fraction of sp³-hybridized carbons (Fsp3) is 0.263. The van der Waals surface area contributed by atoms with Crippen LogP contribution in [0.5, 0.6) is 23.0 Å². The average molecular weight is 453 g/mol. The smallest absolute Gasteiger partial charge is 0.269 e. The molecule has 28 heavy (non-hydrogen) atoms. The van der Waals surface area contributed by atoms with Gasteiger partial charge in [0.05, 0.1) is 27.9 Å². The van der Waals surface area contributed by atoms with Crippen LogP contribution in [0.25, 0.3) is 0 Å². The van der Waals surface area contributed by atoms with E-state index in [-0.39, 0.29) is 5.56 Å². The van der Waals surface area contributed by atoms with Gasteiger partial charge in [-0.05, 0) is 53.2 Å². The molecule has 0 atom stereocenters. The highest BCUT2D eigenvalue weighted by Gasteiger charge is 2.16. The molecule has 2 aromatic carbocycles. The van der Waals surface area contributed by atoms with E-state index >= 15 is 0 Å². The van der Waals surface area contributed by atoms with Crippen LogP contribution in [0.1, 0.15) is 27.6 Å². The summed E-state index contributed by atoms with van der Waals surface area (Å²) in [5, 5.41) is 0. The summed E-state index contributed by atoms with van der Waals surface area (Å²) in [4.78, 5) is 24.7. The molecule has 0 spiro atoms. The van der Waals surface area contributed by atoms with Crippen LogP contribution < -0.4 is 29.8 Å². The fourth-order valence-electron chi connectivity index (χ4n) is 2.34. The van der Waals surface area contributed by atoms with Gasteiger partial charge in [0.25, 0.3) is 11.8 Å². The first-order valence-electron chi connectivity index (χ1n) is 8.28. The second kappa shape index (κ2) is 9.84. The van der Waals surface area contributed by atoms with E-state index in [1.54, 1.807) is 12.1 Å². The lowest BCUT2D eigenvalue weighted by Gasteiger charge is -2.13. The fourth-order valence-corrected chi connectivity index (χ4v) is 2.89. The van der Waals surface area contributed by atoms with E-state index in [9.17, 15) is 9.59 Å². The van der Waals surface area contributed by atoms with Crippen LogP contribution >= 0.6 is 15.9 Å². The third-order valence-electron chi connectivity index (χ3n) is 3.72. The zero-order chi connectivity index (χ0) is 20.7. The molecule has 0 aliphatic heterocycles. The van der Waals surface area contributed by atoms with Crippen LogP contribution in [-0.4, -0.2) is 39.8 Å². The van der Waals surface area contributed by atoms with Crippen molar-refractivity contribution in [2.45, 2.75) is 6.92 Å². The zero-order valence-corrected chi connectivity index (χ0v) is 17.5. The van der Waals surface area contributed by atoms with Gasteiger partial charge in [-0.15, -0.1) is 0 Å². The molecule has 0 aromatic heterocycles. The van der Waals surface area contributed by atoms with Crippen LogP contribution in [-0.2, 0) is 0 Å². The van der Waals surface area contributed by atoms with Crippen molar-refractivity contribution in [3.05, 3.63) is 45.9 Å². The number of amides is 2. The summed E-state index contributed by atoms with van der Waals surface area (Å²) in [6, 6.07) is 7.77. The number of halogens is 1. The SMILES string of the molecule is CCOc1ccc(C(=O)NNC(=O)c2cc(OC)c(Br)c(OC)c2)cc1OC. The van der Waals surface area contributed by atoms with Gasteiger partial charge >= 0.3 is 0 Å². The van der Waals surface area contributed by atoms with Gasteiger partial charge in [0.15, 0.2) is 11.5 Å². The number of carbonyl (C=O) groups excluding carboxylic acids is 2. The molecule has 150 valence electrons. The van der Waals surface area contributed by atoms with Crippen molar-refractivity contribution in [2.75, 3.05) is 27.9 Å². The summed E-state index contributed by atoms with van der Waals surface area (Å²) < 4.78 is 21.6. The monoisotopic (exact) mass is 452 g/mol. The number of carbonyl (C=O) groups is 2. The van der Waals surface area contributed by atoms with E-state index in [1.807, 2.05) is 6.92 Å². The maximum Gasteiger partial charge on any atom is 0.269 e. The molecule has 0 bridgehead atoms. The van der Waals surface area contributed by atoms with Gasteiger partial charge in [-0.1, -0.05) is 0 Å². The summed E-state index contributed by atoms with van der Waals surface area (Å²) in [6.45, 7) is 2.32. The van der Waals surface area contributed by atoms with Gasteiger partial charge in [-0.3, -0.25) is 20.4 Å². The van der Waals surface area contributed by atoms with Gasteiger partial charge in [0.2, 0.25) is 0 Å². The van der Waals surface area contributed by atoms with Gasteiger partial charge in [0, 0.05) is 11.1 Å². The Hall–Kier alpha value is -2.94. The zero-order valence-electron chi connectivity index (χ0n) is 15.9. The van der Waals surface area contributed by atoms with Crippen molar-refractivity contribution in [2.24, 2.45) is 0 Å². The van der Waals surface area contributed by atoms with Crippen molar-refractivity contribution in [3.63, 3.8) is 0 Å². The lowest BCUT2D eigenvalue weighted by molar-refractivity contribution is 0.0846.